The summed E-state index contributed by atoms with van der Waals surface area (Å²) in [5, 5.41) is 14.0. The third-order valence-electron chi connectivity index (χ3n) is 5.42. The highest BCUT2D eigenvalue weighted by Crippen LogP contribution is 2.52. The molecule has 2 amide bonds. The smallest absolute Gasteiger partial charge is 0.254 e. The summed E-state index contributed by atoms with van der Waals surface area (Å²) in [7, 11) is 1.44. The standard InChI is InChI=1S/C19H15BrClN3O4/c1-27-12-7-11(15(20)16(21)17(12)28-5-4-22)8-23-24-18(25)13-9-2-3-10(6-9)14(13)19(24)26/h2-3,7-10,13-14H,5-6H2,1H3. The number of methoxy groups -OCH3 is 1. The number of carbonyl (C=O) groups is 2. The first-order chi connectivity index (χ1) is 13.5. The van der Waals surface area contributed by atoms with Crippen molar-refractivity contribution in [3.05, 3.63) is 33.3 Å². The first-order valence-electron chi connectivity index (χ1n) is 8.63. The molecule has 0 spiro atoms. The first kappa shape index (κ1) is 19.0. The summed E-state index contributed by atoms with van der Waals surface area (Å²) in [6.07, 6.45) is 6.32. The molecule has 4 rings (SSSR count). The van der Waals surface area contributed by atoms with Crippen molar-refractivity contribution in [2.75, 3.05) is 13.7 Å². The highest BCUT2D eigenvalue weighted by Gasteiger charge is 2.59. The molecule has 4 unspecified atom stereocenters. The van der Waals surface area contributed by atoms with Gasteiger partial charge in [0.05, 0.1) is 25.2 Å². The van der Waals surface area contributed by atoms with Crippen LogP contribution in [0.25, 0.3) is 0 Å². The second-order valence-corrected chi connectivity index (χ2v) is 7.98. The number of nitriles is 1. The Bertz CT molecular complexity index is 941. The lowest BCUT2D eigenvalue weighted by Crippen LogP contribution is -2.28. The van der Waals surface area contributed by atoms with E-state index in [9.17, 15) is 9.59 Å². The van der Waals surface area contributed by atoms with E-state index in [2.05, 4.69) is 21.0 Å². The largest absolute Gasteiger partial charge is 0.493 e. The van der Waals surface area contributed by atoms with E-state index in [4.69, 9.17) is 26.3 Å². The van der Waals surface area contributed by atoms with Gasteiger partial charge in [0.2, 0.25) is 0 Å². The molecule has 144 valence electrons. The van der Waals surface area contributed by atoms with E-state index < -0.39 is 0 Å². The molecular weight excluding hydrogens is 450 g/mol. The minimum absolute atomic E-state index is 0.129. The Kier molecular flexibility index (Phi) is 4.89. The van der Waals surface area contributed by atoms with Gasteiger partial charge in [0.15, 0.2) is 18.1 Å². The molecule has 3 aliphatic rings. The van der Waals surface area contributed by atoms with Crippen molar-refractivity contribution in [2.24, 2.45) is 28.8 Å². The third-order valence-corrected chi connectivity index (χ3v) is 6.86. The van der Waals surface area contributed by atoms with Crippen molar-refractivity contribution in [1.29, 1.82) is 5.26 Å². The van der Waals surface area contributed by atoms with Crippen LogP contribution in [0.1, 0.15) is 12.0 Å². The number of nitrogens with zero attached hydrogens (tertiary/aromatic N) is 3. The zero-order chi connectivity index (χ0) is 20.0. The van der Waals surface area contributed by atoms with E-state index in [1.807, 2.05) is 18.2 Å². The fourth-order valence-corrected chi connectivity index (χ4v) is 4.86. The predicted molar refractivity (Wildman–Crippen MR) is 104 cm³/mol. The Morgan fingerprint density at radius 1 is 1.36 bits per heavy atom. The number of rotatable bonds is 5. The number of hydrazone groups is 1. The van der Waals surface area contributed by atoms with Gasteiger partial charge in [-0.1, -0.05) is 23.8 Å². The molecule has 1 heterocycles. The van der Waals surface area contributed by atoms with Gasteiger partial charge in [0.1, 0.15) is 11.1 Å². The SMILES string of the molecule is COc1cc(C=NN2C(=O)C3C4C=CC(C4)C3C2=O)c(Br)c(Cl)c1OCC#N. The number of halogens is 2. The molecule has 2 bridgehead atoms. The van der Waals surface area contributed by atoms with E-state index in [0.29, 0.717) is 15.8 Å². The lowest BCUT2D eigenvalue weighted by Gasteiger charge is -2.14. The number of hydrogen-bond acceptors (Lipinski definition) is 6. The number of benzene rings is 1. The molecule has 7 nitrogen and oxygen atoms in total. The molecular formula is C19H15BrClN3O4. The first-order valence-corrected chi connectivity index (χ1v) is 9.80. The van der Waals surface area contributed by atoms with E-state index >= 15 is 0 Å². The van der Waals surface area contributed by atoms with Crippen LogP contribution in [0.15, 0.2) is 27.8 Å². The maximum atomic E-state index is 12.7. The normalized spacial score (nSPS) is 27.6. The van der Waals surface area contributed by atoms with Gasteiger partial charge in [-0.2, -0.15) is 15.4 Å². The summed E-state index contributed by atoms with van der Waals surface area (Å²) in [6, 6.07) is 3.47. The average Bonchev–Trinajstić information content (AvgIpc) is 3.37. The Labute approximate surface area is 174 Å². The zero-order valence-electron chi connectivity index (χ0n) is 14.8. The van der Waals surface area contributed by atoms with Gasteiger partial charge in [0, 0.05) is 10.0 Å². The van der Waals surface area contributed by atoms with Crippen molar-refractivity contribution in [1.82, 2.24) is 5.01 Å². The second kappa shape index (κ2) is 7.22. The lowest BCUT2D eigenvalue weighted by molar-refractivity contribution is -0.140. The van der Waals surface area contributed by atoms with Crippen LogP contribution in [0.3, 0.4) is 0 Å². The van der Waals surface area contributed by atoms with Crippen LogP contribution < -0.4 is 9.47 Å². The van der Waals surface area contributed by atoms with E-state index in [1.165, 1.54) is 13.3 Å². The summed E-state index contributed by atoms with van der Waals surface area (Å²) < 4.78 is 11.0. The number of hydrogen-bond donors (Lipinski definition) is 0. The number of ether oxygens (including phenoxy) is 2. The quantitative estimate of drug-likeness (QED) is 0.379. The van der Waals surface area contributed by atoms with Crippen molar-refractivity contribution in [3.63, 3.8) is 0 Å². The fraction of sp³-hybridized carbons (Fsp3) is 0.368. The van der Waals surface area contributed by atoms with Crippen LogP contribution in [0, 0.1) is 35.0 Å². The van der Waals surface area contributed by atoms with Gasteiger partial charge in [-0.3, -0.25) is 9.59 Å². The van der Waals surface area contributed by atoms with Crippen molar-refractivity contribution < 1.29 is 19.1 Å². The Hall–Kier alpha value is -2.37. The fourth-order valence-electron chi connectivity index (χ4n) is 4.21. The maximum Gasteiger partial charge on any atom is 0.254 e. The molecule has 1 aromatic carbocycles. The highest BCUT2D eigenvalue weighted by molar-refractivity contribution is 9.10. The number of imide groups is 1. The Balaban J connectivity index is 1.62. The molecule has 1 saturated heterocycles. The van der Waals surface area contributed by atoms with Gasteiger partial charge in [-0.15, -0.1) is 0 Å². The predicted octanol–water partition coefficient (Wildman–Crippen LogP) is 3.15. The number of fused-ring (bicyclic) bond motifs is 5. The molecule has 28 heavy (non-hydrogen) atoms. The van der Waals surface area contributed by atoms with Gasteiger partial charge < -0.3 is 9.47 Å². The van der Waals surface area contributed by atoms with E-state index in [1.54, 1.807) is 6.07 Å². The summed E-state index contributed by atoms with van der Waals surface area (Å²) >= 11 is 9.68. The maximum absolute atomic E-state index is 12.7. The summed E-state index contributed by atoms with van der Waals surface area (Å²) in [5.41, 5.74) is 0.505. The lowest BCUT2D eigenvalue weighted by atomic mass is 9.85. The van der Waals surface area contributed by atoms with Crippen LogP contribution in [0.2, 0.25) is 5.02 Å². The number of amides is 2. The van der Waals surface area contributed by atoms with Crippen LogP contribution in [-0.4, -0.2) is 36.8 Å². The molecule has 0 N–H and O–H groups in total. The van der Waals surface area contributed by atoms with Crippen LogP contribution >= 0.6 is 27.5 Å². The topological polar surface area (TPSA) is 92.0 Å². The van der Waals surface area contributed by atoms with Gasteiger partial charge in [0.25, 0.3) is 11.8 Å². The average molecular weight is 465 g/mol. The minimum Gasteiger partial charge on any atom is -0.493 e. The molecule has 2 aliphatic carbocycles. The van der Waals surface area contributed by atoms with Gasteiger partial charge in [-0.25, -0.2) is 0 Å². The van der Waals surface area contributed by atoms with Crippen LogP contribution in [0.4, 0.5) is 0 Å². The minimum atomic E-state index is -0.303. The van der Waals surface area contributed by atoms with Gasteiger partial charge in [-0.05, 0) is 40.3 Å². The van der Waals surface area contributed by atoms with Crippen molar-refractivity contribution in [2.45, 2.75) is 6.42 Å². The molecule has 1 saturated carbocycles. The molecule has 1 aliphatic heterocycles. The summed E-state index contributed by atoms with van der Waals surface area (Å²) in [4.78, 5) is 25.4. The highest BCUT2D eigenvalue weighted by atomic mass is 79.9. The molecule has 0 radical (unpaired) electrons. The zero-order valence-corrected chi connectivity index (χ0v) is 17.1. The molecule has 2 fully saturated rings. The Morgan fingerprint density at radius 2 is 2.00 bits per heavy atom. The molecule has 9 heteroatoms. The van der Waals surface area contributed by atoms with Crippen molar-refractivity contribution >= 4 is 45.6 Å². The number of carbonyl (C=O) groups excluding carboxylic acids is 2. The summed E-state index contributed by atoms with van der Waals surface area (Å²) in [5.74, 6) is -0.333. The number of allylic oxidation sites excluding steroid dienone is 2. The monoisotopic (exact) mass is 463 g/mol. The second-order valence-electron chi connectivity index (χ2n) is 6.80. The summed E-state index contributed by atoms with van der Waals surface area (Å²) in [6.45, 7) is -0.189. The van der Waals surface area contributed by atoms with E-state index in [0.717, 1.165) is 11.4 Å². The van der Waals surface area contributed by atoms with Crippen molar-refractivity contribution in [3.8, 4) is 17.6 Å². The van der Waals surface area contributed by atoms with Crippen LogP contribution in [0.5, 0.6) is 11.5 Å². The van der Waals surface area contributed by atoms with E-state index in [-0.39, 0.29) is 52.9 Å². The molecule has 0 aromatic heterocycles. The van der Waals surface area contributed by atoms with Crippen LogP contribution in [-0.2, 0) is 9.59 Å². The molecule has 4 atom stereocenters. The third kappa shape index (κ3) is 2.81. The Morgan fingerprint density at radius 3 is 2.57 bits per heavy atom. The molecule has 1 aromatic rings. The van der Waals surface area contributed by atoms with Gasteiger partial charge >= 0.3 is 0 Å².